The van der Waals surface area contributed by atoms with Gasteiger partial charge >= 0.3 is 0 Å². The molecule has 4 rings (SSSR count). The number of aromatic nitrogens is 1. The molecule has 0 spiro atoms. The Morgan fingerprint density at radius 1 is 1.20 bits per heavy atom. The molecule has 3 aromatic rings. The van der Waals surface area contributed by atoms with Crippen molar-refractivity contribution in [3.05, 3.63) is 65.4 Å². The normalized spacial score (nSPS) is 16.0. The van der Waals surface area contributed by atoms with E-state index in [2.05, 4.69) is 20.9 Å². The molecule has 30 heavy (non-hydrogen) atoms. The molecule has 0 saturated carbocycles. The van der Waals surface area contributed by atoms with Crippen LogP contribution in [0.4, 0.5) is 20.4 Å². The largest absolute Gasteiger partial charge is 0.419 e. The van der Waals surface area contributed by atoms with Gasteiger partial charge in [0.25, 0.3) is 5.91 Å². The Kier molecular flexibility index (Phi) is 5.73. The Bertz CT molecular complexity index is 1030. The van der Waals surface area contributed by atoms with Crippen molar-refractivity contribution in [3.8, 4) is 11.5 Å². The van der Waals surface area contributed by atoms with Crippen molar-refractivity contribution >= 4 is 17.5 Å². The highest BCUT2D eigenvalue weighted by Crippen LogP contribution is 2.31. The molecule has 1 aromatic heterocycles. The summed E-state index contributed by atoms with van der Waals surface area (Å²) in [6.45, 7) is 2.73. The van der Waals surface area contributed by atoms with Crippen LogP contribution < -0.4 is 21.7 Å². The van der Waals surface area contributed by atoms with Crippen LogP contribution in [-0.2, 0) is 6.54 Å². The van der Waals surface area contributed by atoms with Gasteiger partial charge in [0.05, 0.1) is 0 Å². The summed E-state index contributed by atoms with van der Waals surface area (Å²) in [6, 6.07) is 11.3. The van der Waals surface area contributed by atoms with E-state index in [1.165, 1.54) is 6.07 Å². The van der Waals surface area contributed by atoms with Gasteiger partial charge in [-0.1, -0.05) is 18.2 Å². The molecule has 1 fully saturated rings. The molecule has 5 N–H and O–H groups in total. The van der Waals surface area contributed by atoms with Gasteiger partial charge in [-0.05, 0) is 42.8 Å². The van der Waals surface area contributed by atoms with Crippen molar-refractivity contribution in [2.75, 3.05) is 18.4 Å². The third kappa shape index (κ3) is 4.32. The Morgan fingerprint density at radius 3 is 2.57 bits per heavy atom. The number of halogens is 2. The van der Waals surface area contributed by atoms with Crippen molar-refractivity contribution in [2.45, 2.75) is 19.0 Å². The minimum absolute atomic E-state index is 0.0805. The summed E-state index contributed by atoms with van der Waals surface area (Å²) in [5, 5.41) is 9.69. The standard InChI is InChI=1S/C21H21F2N5O2/c22-15-2-1-3-16(23)17(15)20-28-18(19(24)29)21(30-20)27-13-6-4-12(5-7-13)10-26-14-8-9-25-11-14/h1-7,14,25-27H,8-11H2,(H2,24,29). The predicted octanol–water partition coefficient (Wildman–Crippen LogP) is 2.91. The molecule has 1 amide bonds. The van der Waals surface area contributed by atoms with Crippen LogP contribution in [0.5, 0.6) is 0 Å². The summed E-state index contributed by atoms with van der Waals surface area (Å²) >= 11 is 0. The molecule has 9 heteroatoms. The highest BCUT2D eigenvalue weighted by molar-refractivity contribution is 5.96. The van der Waals surface area contributed by atoms with Crippen LogP contribution >= 0.6 is 0 Å². The monoisotopic (exact) mass is 413 g/mol. The number of carbonyl (C=O) groups excluding carboxylic acids is 1. The van der Waals surface area contributed by atoms with Crippen LogP contribution in [0.3, 0.4) is 0 Å². The number of anilines is 2. The summed E-state index contributed by atoms with van der Waals surface area (Å²) in [7, 11) is 0. The number of rotatable bonds is 7. The Balaban J connectivity index is 1.52. The minimum Gasteiger partial charge on any atom is -0.419 e. The number of primary amides is 1. The number of nitrogens with one attached hydrogen (secondary N) is 3. The fourth-order valence-corrected chi connectivity index (χ4v) is 3.31. The van der Waals surface area contributed by atoms with Crippen molar-refractivity contribution in [1.82, 2.24) is 15.6 Å². The third-order valence-electron chi connectivity index (χ3n) is 4.90. The summed E-state index contributed by atoms with van der Waals surface area (Å²) in [4.78, 5) is 15.6. The maximum Gasteiger partial charge on any atom is 0.273 e. The van der Waals surface area contributed by atoms with Crippen molar-refractivity contribution < 1.29 is 18.0 Å². The van der Waals surface area contributed by atoms with Gasteiger partial charge in [0, 0.05) is 24.8 Å². The lowest BCUT2D eigenvalue weighted by molar-refractivity contribution is 0.0996. The molecule has 1 aliphatic rings. The van der Waals surface area contributed by atoms with Gasteiger partial charge in [0.1, 0.15) is 17.2 Å². The maximum absolute atomic E-state index is 14.0. The molecule has 0 aliphatic carbocycles. The summed E-state index contributed by atoms with van der Waals surface area (Å²) in [5.74, 6) is -3.03. The average Bonchev–Trinajstić information content (AvgIpc) is 3.38. The number of hydrogen-bond acceptors (Lipinski definition) is 6. The number of carbonyl (C=O) groups is 1. The molecule has 1 aliphatic heterocycles. The Hall–Kier alpha value is -3.30. The first-order chi connectivity index (χ1) is 14.5. The second-order valence-corrected chi connectivity index (χ2v) is 7.05. The molecule has 7 nitrogen and oxygen atoms in total. The van der Waals surface area contributed by atoms with E-state index in [9.17, 15) is 13.6 Å². The van der Waals surface area contributed by atoms with E-state index in [1.807, 2.05) is 12.1 Å². The van der Waals surface area contributed by atoms with Crippen molar-refractivity contribution in [1.29, 1.82) is 0 Å². The SMILES string of the molecule is NC(=O)c1nc(-c2c(F)cccc2F)oc1Nc1ccc(CNC2CCNC2)cc1. The first-order valence-electron chi connectivity index (χ1n) is 9.56. The predicted molar refractivity (Wildman–Crippen MR) is 108 cm³/mol. The summed E-state index contributed by atoms with van der Waals surface area (Å²) < 4.78 is 33.5. The molecule has 1 saturated heterocycles. The average molecular weight is 413 g/mol. The number of amides is 1. The topological polar surface area (TPSA) is 105 Å². The molecule has 2 aromatic carbocycles. The first kappa shape index (κ1) is 20.0. The van der Waals surface area contributed by atoms with Crippen LogP contribution in [0.15, 0.2) is 46.9 Å². The quantitative estimate of drug-likeness (QED) is 0.475. The lowest BCUT2D eigenvalue weighted by atomic mass is 10.2. The number of hydrogen-bond donors (Lipinski definition) is 4. The smallest absolute Gasteiger partial charge is 0.273 e. The van der Waals surface area contributed by atoms with Gasteiger partial charge in [-0.25, -0.2) is 13.8 Å². The van der Waals surface area contributed by atoms with E-state index in [4.69, 9.17) is 10.2 Å². The van der Waals surface area contributed by atoms with Crippen LogP contribution in [0.2, 0.25) is 0 Å². The van der Waals surface area contributed by atoms with Gasteiger partial charge in [-0.3, -0.25) is 4.79 Å². The van der Waals surface area contributed by atoms with E-state index in [0.29, 0.717) is 11.7 Å². The lowest BCUT2D eigenvalue weighted by Gasteiger charge is -2.11. The molecule has 2 heterocycles. The molecule has 156 valence electrons. The molecule has 1 unspecified atom stereocenters. The molecular formula is C21H21F2N5O2. The second-order valence-electron chi connectivity index (χ2n) is 7.05. The Labute approximate surface area is 171 Å². The van der Waals surface area contributed by atoms with Gasteiger partial charge in [0.2, 0.25) is 11.8 Å². The van der Waals surface area contributed by atoms with Crippen molar-refractivity contribution in [2.24, 2.45) is 5.73 Å². The van der Waals surface area contributed by atoms with Crippen LogP contribution in [-0.4, -0.2) is 30.0 Å². The van der Waals surface area contributed by atoms with Crippen LogP contribution in [0, 0.1) is 11.6 Å². The zero-order valence-corrected chi connectivity index (χ0v) is 16.0. The summed E-state index contributed by atoms with van der Waals surface area (Å²) in [5.41, 5.74) is 6.35. The van der Waals surface area contributed by atoms with Gasteiger partial charge < -0.3 is 26.1 Å². The van der Waals surface area contributed by atoms with E-state index in [0.717, 1.165) is 43.8 Å². The maximum atomic E-state index is 14.0. The molecule has 0 bridgehead atoms. The zero-order chi connectivity index (χ0) is 21.1. The fourth-order valence-electron chi connectivity index (χ4n) is 3.31. The molecule has 1 atom stereocenters. The number of benzene rings is 2. The second kappa shape index (κ2) is 8.60. The number of oxazole rings is 1. The number of nitrogens with two attached hydrogens (primary N) is 1. The van der Waals surface area contributed by atoms with Gasteiger partial charge in [0.15, 0.2) is 5.69 Å². The van der Waals surface area contributed by atoms with E-state index < -0.39 is 23.1 Å². The van der Waals surface area contributed by atoms with Crippen LogP contribution in [0.1, 0.15) is 22.5 Å². The third-order valence-corrected chi connectivity index (χ3v) is 4.90. The van der Waals surface area contributed by atoms with Crippen LogP contribution in [0.25, 0.3) is 11.5 Å². The first-order valence-corrected chi connectivity index (χ1v) is 9.56. The molecular weight excluding hydrogens is 392 g/mol. The number of nitrogens with zero attached hydrogens (tertiary/aromatic N) is 1. The lowest BCUT2D eigenvalue weighted by Crippen LogP contribution is -2.30. The highest BCUT2D eigenvalue weighted by atomic mass is 19.1. The van der Waals surface area contributed by atoms with E-state index >= 15 is 0 Å². The van der Waals surface area contributed by atoms with E-state index in [1.54, 1.807) is 12.1 Å². The van der Waals surface area contributed by atoms with Gasteiger partial charge in [-0.2, -0.15) is 0 Å². The fraction of sp³-hybridized carbons (Fsp3) is 0.238. The zero-order valence-electron chi connectivity index (χ0n) is 16.0. The van der Waals surface area contributed by atoms with Gasteiger partial charge in [-0.15, -0.1) is 0 Å². The minimum atomic E-state index is -0.879. The molecule has 0 radical (unpaired) electrons. The van der Waals surface area contributed by atoms with E-state index in [-0.39, 0.29) is 17.5 Å². The van der Waals surface area contributed by atoms with Crippen molar-refractivity contribution in [3.63, 3.8) is 0 Å². The summed E-state index contributed by atoms with van der Waals surface area (Å²) in [6.07, 6.45) is 1.10. The highest BCUT2D eigenvalue weighted by Gasteiger charge is 2.23. The Morgan fingerprint density at radius 2 is 1.93 bits per heavy atom.